The Morgan fingerprint density at radius 1 is 1.58 bits per heavy atom. The Labute approximate surface area is 76.8 Å². The Balaban J connectivity index is 2.63. The van der Waals surface area contributed by atoms with Gasteiger partial charge in [0.15, 0.2) is 0 Å². The molecule has 0 fully saturated rings. The predicted molar refractivity (Wildman–Crippen MR) is 50.8 cm³/mol. The van der Waals surface area contributed by atoms with Crippen molar-refractivity contribution in [1.82, 2.24) is 14.8 Å². The Morgan fingerprint density at radius 2 is 2.25 bits per heavy atom. The fourth-order valence-electron chi connectivity index (χ4n) is 0.904. The van der Waals surface area contributed by atoms with Crippen LogP contribution in [0.3, 0.4) is 0 Å². The maximum atomic E-state index is 5.37. The molecular formula is C7H12N4S. The first-order valence-electron chi connectivity index (χ1n) is 3.74. The van der Waals surface area contributed by atoms with E-state index in [4.69, 9.17) is 18.0 Å². The lowest BCUT2D eigenvalue weighted by Crippen LogP contribution is -2.10. The minimum atomic E-state index is 0.524. The second-order valence-corrected chi connectivity index (χ2v) is 3.21. The van der Waals surface area contributed by atoms with Crippen LogP contribution in [0.2, 0.25) is 0 Å². The third-order valence-corrected chi connectivity index (χ3v) is 1.98. The Kier molecular flexibility index (Phi) is 2.75. The van der Waals surface area contributed by atoms with E-state index in [1.807, 2.05) is 18.5 Å². The summed E-state index contributed by atoms with van der Waals surface area (Å²) in [5.74, 6) is 1.84. The van der Waals surface area contributed by atoms with Gasteiger partial charge in [0.1, 0.15) is 11.6 Å². The number of rotatable bonds is 3. The molecule has 2 N–H and O–H groups in total. The molecule has 66 valence electrons. The molecule has 0 aliphatic rings. The van der Waals surface area contributed by atoms with Crippen LogP contribution in [-0.2, 0) is 13.5 Å². The fourth-order valence-corrected chi connectivity index (χ4v) is 1.01. The van der Waals surface area contributed by atoms with E-state index in [1.54, 1.807) is 0 Å². The van der Waals surface area contributed by atoms with Crippen LogP contribution in [0.5, 0.6) is 0 Å². The van der Waals surface area contributed by atoms with E-state index in [2.05, 4.69) is 10.2 Å². The normalized spacial score (nSPS) is 10.2. The van der Waals surface area contributed by atoms with E-state index in [0.717, 1.165) is 18.1 Å². The molecule has 1 heterocycles. The molecule has 4 nitrogen and oxygen atoms in total. The van der Waals surface area contributed by atoms with Gasteiger partial charge in [0.25, 0.3) is 0 Å². The standard InChI is InChI=1S/C7H12N4S/c1-5-9-10-7(11(5)2)4-3-6(8)12/h3-4H2,1-2H3,(H2,8,12). The van der Waals surface area contributed by atoms with E-state index < -0.39 is 0 Å². The molecule has 0 unspecified atom stereocenters. The second kappa shape index (κ2) is 3.62. The van der Waals surface area contributed by atoms with Crippen molar-refractivity contribution in [3.8, 4) is 0 Å². The van der Waals surface area contributed by atoms with Gasteiger partial charge in [0.05, 0.1) is 4.99 Å². The van der Waals surface area contributed by atoms with Gasteiger partial charge in [0.2, 0.25) is 0 Å². The second-order valence-electron chi connectivity index (χ2n) is 2.69. The maximum Gasteiger partial charge on any atom is 0.133 e. The number of nitrogens with two attached hydrogens (primary N) is 1. The van der Waals surface area contributed by atoms with Crippen LogP contribution >= 0.6 is 12.2 Å². The summed E-state index contributed by atoms with van der Waals surface area (Å²) in [5, 5.41) is 7.91. The average Bonchev–Trinajstić information content (AvgIpc) is 2.30. The number of aryl methyl sites for hydroxylation is 2. The Bertz CT molecular complexity index is 292. The number of hydrogen-bond acceptors (Lipinski definition) is 3. The van der Waals surface area contributed by atoms with Gasteiger partial charge in [-0.3, -0.25) is 0 Å². The molecule has 0 atom stereocenters. The van der Waals surface area contributed by atoms with Gasteiger partial charge < -0.3 is 10.3 Å². The molecule has 1 aromatic heterocycles. The van der Waals surface area contributed by atoms with E-state index in [9.17, 15) is 0 Å². The Hall–Kier alpha value is -0.970. The predicted octanol–water partition coefficient (Wildman–Crippen LogP) is 0.342. The number of hydrogen-bond donors (Lipinski definition) is 1. The molecule has 12 heavy (non-hydrogen) atoms. The average molecular weight is 184 g/mol. The number of thiocarbonyl (C=S) groups is 1. The summed E-state index contributed by atoms with van der Waals surface area (Å²) in [7, 11) is 1.93. The molecule has 0 aliphatic carbocycles. The first-order chi connectivity index (χ1) is 5.61. The van der Waals surface area contributed by atoms with Crippen molar-refractivity contribution >= 4 is 17.2 Å². The van der Waals surface area contributed by atoms with Gasteiger partial charge in [-0.15, -0.1) is 10.2 Å². The third-order valence-electron chi connectivity index (χ3n) is 1.78. The van der Waals surface area contributed by atoms with E-state index in [0.29, 0.717) is 11.4 Å². The molecule has 0 aromatic carbocycles. The topological polar surface area (TPSA) is 56.7 Å². The summed E-state index contributed by atoms with van der Waals surface area (Å²) in [6, 6.07) is 0. The monoisotopic (exact) mass is 184 g/mol. The van der Waals surface area contributed by atoms with Crippen molar-refractivity contribution in [2.45, 2.75) is 19.8 Å². The van der Waals surface area contributed by atoms with Crippen molar-refractivity contribution < 1.29 is 0 Å². The zero-order valence-corrected chi connectivity index (χ0v) is 8.06. The first-order valence-corrected chi connectivity index (χ1v) is 4.15. The summed E-state index contributed by atoms with van der Waals surface area (Å²) >= 11 is 4.77. The SMILES string of the molecule is Cc1nnc(CCC(N)=S)n1C. The van der Waals surface area contributed by atoms with Crippen molar-refractivity contribution in [2.24, 2.45) is 12.8 Å². The van der Waals surface area contributed by atoms with Gasteiger partial charge in [-0.05, 0) is 6.92 Å². The van der Waals surface area contributed by atoms with Crippen LogP contribution in [0.4, 0.5) is 0 Å². The van der Waals surface area contributed by atoms with Gasteiger partial charge in [-0.2, -0.15) is 0 Å². The van der Waals surface area contributed by atoms with Crippen LogP contribution in [0.15, 0.2) is 0 Å². The molecule has 0 bridgehead atoms. The van der Waals surface area contributed by atoms with Gasteiger partial charge in [-0.1, -0.05) is 12.2 Å². The van der Waals surface area contributed by atoms with Crippen molar-refractivity contribution in [3.05, 3.63) is 11.6 Å². The highest BCUT2D eigenvalue weighted by atomic mass is 32.1. The molecule has 0 spiro atoms. The Morgan fingerprint density at radius 3 is 2.67 bits per heavy atom. The van der Waals surface area contributed by atoms with Crippen molar-refractivity contribution in [2.75, 3.05) is 0 Å². The molecule has 0 saturated heterocycles. The molecule has 1 aromatic rings. The fraction of sp³-hybridized carbons (Fsp3) is 0.571. The zero-order chi connectivity index (χ0) is 9.14. The molecule has 0 amide bonds. The summed E-state index contributed by atoms with van der Waals surface area (Å²) < 4.78 is 1.94. The summed E-state index contributed by atoms with van der Waals surface area (Å²) in [4.78, 5) is 0.524. The highest BCUT2D eigenvalue weighted by Crippen LogP contribution is 2.00. The van der Waals surface area contributed by atoms with Crippen LogP contribution in [0.25, 0.3) is 0 Å². The maximum absolute atomic E-state index is 5.37. The minimum Gasteiger partial charge on any atom is -0.393 e. The molecule has 1 rings (SSSR count). The van der Waals surface area contributed by atoms with Crippen molar-refractivity contribution in [3.63, 3.8) is 0 Å². The molecule has 5 heteroatoms. The van der Waals surface area contributed by atoms with Crippen molar-refractivity contribution in [1.29, 1.82) is 0 Å². The highest BCUT2D eigenvalue weighted by Gasteiger charge is 2.04. The van der Waals surface area contributed by atoms with Crippen LogP contribution in [0.1, 0.15) is 18.1 Å². The smallest absolute Gasteiger partial charge is 0.133 e. The summed E-state index contributed by atoms with van der Waals surface area (Å²) in [6.07, 6.45) is 1.47. The molecule has 0 radical (unpaired) electrons. The van der Waals surface area contributed by atoms with Crippen LogP contribution in [-0.4, -0.2) is 19.8 Å². The van der Waals surface area contributed by atoms with Gasteiger partial charge in [-0.25, -0.2) is 0 Å². The number of nitrogens with zero attached hydrogens (tertiary/aromatic N) is 3. The van der Waals surface area contributed by atoms with Gasteiger partial charge in [0, 0.05) is 19.9 Å². The van der Waals surface area contributed by atoms with Crippen LogP contribution in [0, 0.1) is 6.92 Å². The lowest BCUT2D eigenvalue weighted by molar-refractivity contribution is 0.771. The van der Waals surface area contributed by atoms with E-state index in [-0.39, 0.29) is 0 Å². The minimum absolute atomic E-state index is 0.524. The largest absolute Gasteiger partial charge is 0.393 e. The van der Waals surface area contributed by atoms with Gasteiger partial charge >= 0.3 is 0 Å². The molecular weight excluding hydrogens is 172 g/mol. The third kappa shape index (κ3) is 2.01. The van der Waals surface area contributed by atoms with Crippen LogP contribution < -0.4 is 5.73 Å². The zero-order valence-electron chi connectivity index (χ0n) is 7.24. The molecule has 0 aliphatic heterocycles. The summed E-state index contributed by atoms with van der Waals surface area (Å²) in [5.41, 5.74) is 5.37. The summed E-state index contributed by atoms with van der Waals surface area (Å²) in [6.45, 7) is 1.91. The lowest BCUT2D eigenvalue weighted by Gasteiger charge is -1.99. The number of aromatic nitrogens is 3. The van der Waals surface area contributed by atoms with E-state index in [1.165, 1.54) is 0 Å². The lowest BCUT2D eigenvalue weighted by atomic mass is 10.3. The quantitative estimate of drug-likeness (QED) is 0.688. The molecule has 0 saturated carbocycles. The first kappa shape index (κ1) is 9.12. The van der Waals surface area contributed by atoms with E-state index >= 15 is 0 Å². The highest BCUT2D eigenvalue weighted by molar-refractivity contribution is 7.80.